The first-order chi connectivity index (χ1) is 11.2. The van der Waals surface area contributed by atoms with Gasteiger partial charge in [-0.1, -0.05) is 6.07 Å². The lowest BCUT2D eigenvalue weighted by molar-refractivity contribution is 0.231. The predicted octanol–water partition coefficient (Wildman–Crippen LogP) is 3.72. The van der Waals surface area contributed by atoms with Crippen molar-refractivity contribution in [2.75, 3.05) is 0 Å². The van der Waals surface area contributed by atoms with E-state index in [1.807, 2.05) is 5.38 Å². The third kappa shape index (κ3) is 3.08. The molecule has 0 unspecified atom stereocenters. The molecule has 23 heavy (non-hydrogen) atoms. The Bertz CT molecular complexity index is 715. The van der Waals surface area contributed by atoms with E-state index < -0.39 is 0 Å². The van der Waals surface area contributed by atoms with Gasteiger partial charge in [-0.3, -0.25) is 0 Å². The van der Waals surface area contributed by atoms with Crippen molar-refractivity contribution in [3.05, 3.63) is 51.7 Å². The minimum absolute atomic E-state index is 0.00379. The molecule has 0 spiro atoms. The van der Waals surface area contributed by atoms with Crippen LogP contribution in [0.4, 0.5) is 9.18 Å². The lowest BCUT2D eigenvalue weighted by Gasteiger charge is -2.19. The maximum atomic E-state index is 13.3. The Morgan fingerprint density at radius 2 is 2.22 bits per heavy atom. The first-order valence-electron chi connectivity index (χ1n) is 7.95. The smallest absolute Gasteiger partial charge is 0.315 e. The first-order valence-corrected chi connectivity index (χ1v) is 8.83. The summed E-state index contributed by atoms with van der Waals surface area (Å²) in [6.45, 7) is 0. The topological polar surface area (TPSA) is 54.0 Å². The van der Waals surface area contributed by atoms with Gasteiger partial charge in [0.15, 0.2) is 0 Å². The molecule has 1 aromatic carbocycles. The number of carbonyl (C=O) groups excluding carboxylic acids is 1. The highest BCUT2D eigenvalue weighted by Crippen LogP contribution is 2.41. The van der Waals surface area contributed by atoms with Crippen molar-refractivity contribution in [1.29, 1.82) is 0 Å². The van der Waals surface area contributed by atoms with Crippen molar-refractivity contribution >= 4 is 17.4 Å². The third-order valence-electron chi connectivity index (χ3n) is 4.59. The van der Waals surface area contributed by atoms with E-state index in [1.54, 1.807) is 29.7 Å². The average molecular weight is 331 g/mol. The van der Waals surface area contributed by atoms with Crippen molar-refractivity contribution in [2.24, 2.45) is 5.92 Å². The zero-order valence-electron chi connectivity index (χ0n) is 12.6. The van der Waals surface area contributed by atoms with Gasteiger partial charge < -0.3 is 10.6 Å². The van der Waals surface area contributed by atoms with Crippen molar-refractivity contribution in [3.63, 3.8) is 0 Å². The van der Waals surface area contributed by atoms with Crippen LogP contribution in [0.2, 0.25) is 0 Å². The van der Waals surface area contributed by atoms with Crippen molar-refractivity contribution < 1.29 is 9.18 Å². The van der Waals surface area contributed by atoms with Gasteiger partial charge in [0.1, 0.15) is 10.8 Å². The molecule has 2 aromatic rings. The molecule has 1 aromatic heterocycles. The molecule has 1 saturated carbocycles. The lowest BCUT2D eigenvalue weighted by Crippen LogP contribution is -2.40. The van der Waals surface area contributed by atoms with Crippen LogP contribution in [0.1, 0.15) is 47.5 Å². The molecule has 1 fully saturated rings. The summed E-state index contributed by atoms with van der Waals surface area (Å²) < 4.78 is 13.3. The van der Waals surface area contributed by atoms with Gasteiger partial charge >= 0.3 is 6.03 Å². The number of aromatic nitrogens is 1. The maximum Gasteiger partial charge on any atom is 0.315 e. The number of halogens is 1. The van der Waals surface area contributed by atoms with E-state index >= 15 is 0 Å². The fourth-order valence-electron chi connectivity index (χ4n) is 3.28. The molecule has 0 aliphatic heterocycles. The summed E-state index contributed by atoms with van der Waals surface area (Å²) in [4.78, 5) is 16.7. The van der Waals surface area contributed by atoms with Gasteiger partial charge in [0.25, 0.3) is 0 Å². The second-order valence-electron chi connectivity index (χ2n) is 6.24. The van der Waals surface area contributed by atoms with Gasteiger partial charge in [-0.15, -0.1) is 11.3 Å². The number of aryl methyl sites for hydroxylation is 1. The van der Waals surface area contributed by atoms with Crippen LogP contribution in [-0.4, -0.2) is 11.0 Å². The summed E-state index contributed by atoms with van der Waals surface area (Å²) in [5, 5.41) is 9.01. The molecule has 2 aliphatic carbocycles. The van der Waals surface area contributed by atoms with Gasteiger partial charge in [0.2, 0.25) is 0 Å². The summed E-state index contributed by atoms with van der Waals surface area (Å²) in [6, 6.07) is 4.60. The van der Waals surface area contributed by atoms with E-state index in [2.05, 4.69) is 15.6 Å². The number of nitrogens with zero attached hydrogens (tertiary/aromatic N) is 1. The van der Waals surface area contributed by atoms with Crippen molar-refractivity contribution in [3.8, 4) is 0 Å². The molecule has 4 rings (SSSR count). The minimum atomic E-state index is -0.216. The number of nitrogens with one attached hydrogen (secondary N) is 2. The summed E-state index contributed by atoms with van der Waals surface area (Å²) >= 11 is 1.58. The van der Waals surface area contributed by atoms with E-state index in [0.29, 0.717) is 5.92 Å². The normalized spacial score (nSPS) is 20.8. The van der Waals surface area contributed by atoms with Crippen LogP contribution in [-0.2, 0) is 6.42 Å². The number of amides is 2. The SMILES string of the molecule is O=C(N[C@H](c1nccs1)C1CC1)N[C@@H]1CCc2cc(F)ccc21. The van der Waals surface area contributed by atoms with Crippen molar-refractivity contribution in [1.82, 2.24) is 15.6 Å². The lowest BCUT2D eigenvalue weighted by atomic mass is 10.1. The number of hydrogen-bond donors (Lipinski definition) is 2. The first kappa shape index (κ1) is 14.6. The molecule has 2 atom stereocenters. The van der Waals surface area contributed by atoms with Crippen LogP contribution in [0.5, 0.6) is 0 Å². The van der Waals surface area contributed by atoms with Crippen LogP contribution < -0.4 is 10.6 Å². The van der Waals surface area contributed by atoms with E-state index in [1.165, 1.54) is 6.07 Å². The summed E-state index contributed by atoms with van der Waals surface area (Å²) in [7, 11) is 0. The van der Waals surface area contributed by atoms with Gasteiger partial charge in [-0.05, 0) is 54.9 Å². The highest BCUT2D eigenvalue weighted by atomic mass is 32.1. The summed E-state index contributed by atoms with van der Waals surface area (Å²) in [6.07, 6.45) is 5.66. The zero-order chi connectivity index (χ0) is 15.8. The molecule has 2 aliphatic rings. The fourth-order valence-corrected chi connectivity index (χ4v) is 4.06. The predicted molar refractivity (Wildman–Crippen MR) is 86.7 cm³/mol. The maximum absolute atomic E-state index is 13.3. The Morgan fingerprint density at radius 1 is 1.35 bits per heavy atom. The van der Waals surface area contributed by atoms with Gasteiger partial charge in [-0.25, -0.2) is 14.2 Å². The number of thiazole rings is 1. The largest absolute Gasteiger partial charge is 0.331 e. The minimum Gasteiger partial charge on any atom is -0.331 e. The second-order valence-corrected chi connectivity index (χ2v) is 7.16. The Morgan fingerprint density at radius 3 is 2.96 bits per heavy atom. The number of fused-ring (bicyclic) bond motifs is 1. The standard InChI is InChI=1S/C17H18FN3OS/c18-12-4-5-13-11(9-12)3-6-14(13)20-17(22)21-15(10-1-2-10)16-19-7-8-23-16/h4-5,7-10,14-15H,1-3,6H2,(H2,20,21,22)/t14-,15+/m1/s1. The molecule has 6 heteroatoms. The van der Waals surface area contributed by atoms with E-state index in [0.717, 1.165) is 41.8 Å². The molecule has 1 heterocycles. The van der Waals surface area contributed by atoms with E-state index in [9.17, 15) is 9.18 Å². The Labute approximate surface area is 138 Å². The van der Waals surface area contributed by atoms with Gasteiger partial charge in [0.05, 0.1) is 12.1 Å². The van der Waals surface area contributed by atoms with Crippen molar-refractivity contribution in [2.45, 2.75) is 37.8 Å². The zero-order valence-corrected chi connectivity index (χ0v) is 13.4. The Balaban J connectivity index is 1.43. The molecule has 120 valence electrons. The molecule has 0 bridgehead atoms. The number of carbonyl (C=O) groups is 1. The second kappa shape index (κ2) is 5.92. The molecule has 2 N–H and O–H groups in total. The molecular weight excluding hydrogens is 313 g/mol. The molecule has 4 nitrogen and oxygen atoms in total. The Hall–Kier alpha value is -1.95. The summed E-state index contributed by atoms with van der Waals surface area (Å²) in [5.41, 5.74) is 2.02. The fraction of sp³-hybridized carbons (Fsp3) is 0.412. The Kier molecular flexibility index (Phi) is 3.77. The van der Waals surface area contributed by atoms with Gasteiger partial charge in [-0.2, -0.15) is 0 Å². The van der Waals surface area contributed by atoms with Crippen LogP contribution in [0.3, 0.4) is 0 Å². The average Bonchev–Trinajstić information content (AvgIpc) is 3.08. The molecule has 0 saturated heterocycles. The van der Waals surface area contributed by atoms with Crippen LogP contribution in [0, 0.1) is 11.7 Å². The van der Waals surface area contributed by atoms with Crippen LogP contribution in [0.15, 0.2) is 29.8 Å². The van der Waals surface area contributed by atoms with Crippen LogP contribution in [0.25, 0.3) is 0 Å². The van der Waals surface area contributed by atoms with Gasteiger partial charge in [0, 0.05) is 11.6 Å². The number of rotatable bonds is 4. The third-order valence-corrected chi connectivity index (χ3v) is 5.44. The molecule has 0 radical (unpaired) electrons. The monoisotopic (exact) mass is 331 g/mol. The summed E-state index contributed by atoms with van der Waals surface area (Å²) in [5.74, 6) is 0.281. The van der Waals surface area contributed by atoms with E-state index in [4.69, 9.17) is 0 Å². The number of urea groups is 1. The molecular formula is C17H18FN3OS. The molecule has 2 amide bonds. The highest BCUT2D eigenvalue weighted by Gasteiger charge is 2.35. The number of hydrogen-bond acceptors (Lipinski definition) is 3. The highest BCUT2D eigenvalue weighted by molar-refractivity contribution is 7.09. The number of benzene rings is 1. The quantitative estimate of drug-likeness (QED) is 0.897. The van der Waals surface area contributed by atoms with E-state index in [-0.39, 0.29) is 23.9 Å². The van der Waals surface area contributed by atoms with Crippen LogP contribution >= 0.6 is 11.3 Å².